The number of hydrogen-bond donors (Lipinski definition) is 0. The van der Waals surface area contributed by atoms with Crippen LogP contribution in [0.3, 0.4) is 0 Å². The van der Waals surface area contributed by atoms with Crippen LogP contribution in [0.2, 0.25) is 0 Å². The SMILES string of the molecule is C[C@@H]1N=C(c2ccccn2)c2cc(Br)ccc2-n2cnc(-c3ccco3)c21. The molecule has 0 aliphatic carbocycles. The second-order valence-corrected chi connectivity index (χ2v) is 7.27. The molecule has 0 spiro atoms. The van der Waals surface area contributed by atoms with Gasteiger partial charge < -0.3 is 4.42 Å². The minimum atomic E-state index is -0.115. The molecule has 0 unspecified atom stereocenters. The van der Waals surface area contributed by atoms with Gasteiger partial charge in [-0.3, -0.25) is 14.5 Å². The maximum Gasteiger partial charge on any atom is 0.154 e. The highest BCUT2D eigenvalue weighted by Gasteiger charge is 2.27. The fraction of sp³-hybridized carbons (Fsp3) is 0.0952. The maximum atomic E-state index is 5.61. The zero-order chi connectivity index (χ0) is 18.4. The number of benzene rings is 1. The molecule has 6 heteroatoms. The van der Waals surface area contributed by atoms with Crippen LogP contribution < -0.4 is 0 Å². The fourth-order valence-electron chi connectivity index (χ4n) is 3.49. The second-order valence-electron chi connectivity index (χ2n) is 6.36. The summed E-state index contributed by atoms with van der Waals surface area (Å²) in [6.07, 6.45) is 5.30. The van der Waals surface area contributed by atoms with Crippen molar-refractivity contribution in [3.63, 3.8) is 0 Å². The average molecular weight is 419 g/mol. The number of fused-ring (bicyclic) bond motifs is 3. The third-order valence-electron chi connectivity index (χ3n) is 4.66. The second kappa shape index (κ2) is 6.32. The Balaban J connectivity index is 1.81. The smallest absolute Gasteiger partial charge is 0.154 e. The maximum absolute atomic E-state index is 5.61. The Hall–Kier alpha value is -2.99. The quantitative estimate of drug-likeness (QED) is 0.449. The number of aromatic nitrogens is 3. The molecule has 0 fully saturated rings. The van der Waals surface area contributed by atoms with Gasteiger partial charge in [-0.2, -0.15) is 0 Å². The lowest BCUT2D eigenvalue weighted by molar-refractivity contribution is 0.578. The van der Waals surface area contributed by atoms with Crippen LogP contribution >= 0.6 is 15.9 Å². The van der Waals surface area contributed by atoms with E-state index in [1.807, 2.05) is 42.7 Å². The lowest BCUT2D eigenvalue weighted by atomic mass is 10.0. The summed E-state index contributed by atoms with van der Waals surface area (Å²) < 4.78 is 8.70. The largest absolute Gasteiger partial charge is 0.463 e. The zero-order valence-electron chi connectivity index (χ0n) is 14.5. The Morgan fingerprint density at radius 1 is 1.07 bits per heavy atom. The molecule has 1 atom stereocenters. The molecule has 27 heavy (non-hydrogen) atoms. The van der Waals surface area contributed by atoms with Gasteiger partial charge in [0.15, 0.2) is 5.76 Å². The van der Waals surface area contributed by atoms with Crippen molar-refractivity contribution in [2.45, 2.75) is 13.0 Å². The van der Waals surface area contributed by atoms with Crippen LogP contribution in [-0.4, -0.2) is 20.2 Å². The highest BCUT2D eigenvalue weighted by atomic mass is 79.9. The number of nitrogens with zero attached hydrogens (tertiary/aromatic N) is 4. The van der Waals surface area contributed by atoms with Crippen LogP contribution in [-0.2, 0) is 0 Å². The number of halogens is 1. The first-order valence-corrected chi connectivity index (χ1v) is 9.42. The first kappa shape index (κ1) is 16.2. The van der Waals surface area contributed by atoms with E-state index in [0.717, 1.165) is 44.3 Å². The van der Waals surface area contributed by atoms with E-state index in [1.54, 1.807) is 12.5 Å². The van der Waals surface area contributed by atoms with E-state index in [2.05, 4.69) is 49.5 Å². The normalized spacial score (nSPS) is 15.6. The van der Waals surface area contributed by atoms with Crippen LogP contribution in [0, 0.1) is 0 Å². The molecule has 0 N–H and O–H groups in total. The summed E-state index contributed by atoms with van der Waals surface area (Å²) in [5, 5.41) is 0. The lowest BCUT2D eigenvalue weighted by Crippen LogP contribution is -2.08. The standard InChI is InChI=1S/C21H15BrN4O/c1-13-21-20(18-6-4-10-27-18)24-12-26(21)17-8-7-14(22)11-15(17)19(25-13)16-5-2-3-9-23-16/h2-13H,1H3/t13-/m0/s1. The minimum absolute atomic E-state index is 0.115. The molecule has 0 radical (unpaired) electrons. The van der Waals surface area contributed by atoms with E-state index in [1.165, 1.54) is 0 Å². The van der Waals surface area contributed by atoms with Gasteiger partial charge in [-0.25, -0.2) is 4.98 Å². The van der Waals surface area contributed by atoms with E-state index in [9.17, 15) is 0 Å². The number of pyridine rings is 1. The first-order valence-electron chi connectivity index (χ1n) is 8.63. The molecule has 0 bridgehead atoms. The van der Waals surface area contributed by atoms with Crippen LogP contribution in [0.1, 0.15) is 29.9 Å². The van der Waals surface area contributed by atoms with E-state index in [-0.39, 0.29) is 6.04 Å². The van der Waals surface area contributed by atoms with Crippen molar-refractivity contribution in [3.8, 4) is 17.1 Å². The van der Waals surface area contributed by atoms with Crippen LogP contribution in [0.5, 0.6) is 0 Å². The van der Waals surface area contributed by atoms with Gasteiger partial charge in [0.2, 0.25) is 0 Å². The number of aliphatic imine (C=N–C) groups is 1. The van der Waals surface area contributed by atoms with E-state index < -0.39 is 0 Å². The first-order chi connectivity index (χ1) is 13.2. The van der Waals surface area contributed by atoms with Crippen LogP contribution in [0.15, 0.2) is 81.2 Å². The number of rotatable bonds is 2. The Morgan fingerprint density at radius 2 is 2.00 bits per heavy atom. The van der Waals surface area contributed by atoms with Gasteiger partial charge in [-0.1, -0.05) is 22.0 Å². The highest BCUT2D eigenvalue weighted by molar-refractivity contribution is 9.10. The van der Waals surface area contributed by atoms with Crippen LogP contribution in [0.4, 0.5) is 0 Å². The van der Waals surface area contributed by atoms with Gasteiger partial charge in [-0.15, -0.1) is 0 Å². The highest BCUT2D eigenvalue weighted by Crippen LogP contribution is 2.36. The molecular weight excluding hydrogens is 404 g/mol. The molecule has 3 aromatic heterocycles. The average Bonchev–Trinajstić information content (AvgIpc) is 3.34. The Labute approximate surface area is 164 Å². The third kappa shape index (κ3) is 2.64. The van der Waals surface area contributed by atoms with Crippen molar-refractivity contribution in [2.24, 2.45) is 4.99 Å². The number of imidazole rings is 1. The molecular formula is C21H15BrN4O. The lowest BCUT2D eigenvalue weighted by Gasteiger charge is -2.12. The molecule has 4 heterocycles. The summed E-state index contributed by atoms with van der Waals surface area (Å²) in [6, 6.07) is 15.7. The van der Waals surface area contributed by atoms with Crippen molar-refractivity contribution in [1.82, 2.24) is 14.5 Å². The Bertz CT molecular complexity index is 1150. The summed E-state index contributed by atoms with van der Waals surface area (Å²) in [5.41, 5.74) is 5.56. The van der Waals surface area contributed by atoms with Gasteiger partial charge in [-0.05, 0) is 49.4 Å². The number of hydrogen-bond acceptors (Lipinski definition) is 4. The van der Waals surface area contributed by atoms with Crippen LogP contribution in [0.25, 0.3) is 17.1 Å². The Kier molecular flexibility index (Phi) is 3.79. The van der Waals surface area contributed by atoms with Gasteiger partial charge in [0.1, 0.15) is 12.0 Å². The summed E-state index contributed by atoms with van der Waals surface area (Å²) >= 11 is 3.59. The molecule has 5 rings (SSSR count). The molecule has 132 valence electrons. The number of furan rings is 1. The molecule has 1 aliphatic heterocycles. The van der Waals surface area contributed by atoms with Crippen molar-refractivity contribution in [2.75, 3.05) is 0 Å². The van der Waals surface area contributed by atoms with Gasteiger partial charge >= 0.3 is 0 Å². The molecule has 0 amide bonds. The molecule has 0 saturated carbocycles. The summed E-state index contributed by atoms with van der Waals surface area (Å²) in [7, 11) is 0. The van der Waals surface area contributed by atoms with Crippen molar-refractivity contribution < 1.29 is 4.42 Å². The Morgan fingerprint density at radius 3 is 2.78 bits per heavy atom. The van der Waals surface area contributed by atoms with E-state index in [4.69, 9.17) is 9.41 Å². The van der Waals surface area contributed by atoms with Gasteiger partial charge in [0.05, 0.1) is 35.1 Å². The third-order valence-corrected chi connectivity index (χ3v) is 5.15. The predicted molar refractivity (Wildman–Crippen MR) is 107 cm³/mol. The van der Waals surface area contributed by atoms with E-state index in [0.29, 0.717) is 0 Å². The topological polar surface area (TPSA) is 56.2 Å². The minimum Gasteiger partial charge on any atom is -0.463 e. The summed E-state index contributed by atoms with van der Waals surface area (Å²) in [6.45, 7) is 2.07. The molecule has 5 nitrogen and oxygen atoms in total. The molecule has 0 saturated heterocycles. The van der Waals surface area contributed by atoms with Gasteiger partial charge in [0.25, 0.3) is 0 Å². The molecule has 1 aromatic carbocycles. The zero-order valence-corrected chi connectivity index (χ0v) is 16.1. The monoisotopic (exact) mass is 418 g/mol. The van der Waals surface area contributed by atoms with E-state index >= 15 is 0 Å². The molecule has 4 aromatic rings. The van der Waals surface area contributed by atoms with Crippen molar-refractivity contribution >= 4 is 21.6 Å². The molecule has 1 aliphatic rings. The van der Waals surface area contributed by atoms with Crippen molar-refractivity contribution in [3.05, 3.63) is 88.7 Å². The van der Waals surface area contributed by atoms with Crippen molar-refractivity contribution in [1.29, 1.82) is 0 Å². The van der Waals surface area contributed by atoms with Gasteiger partial charge in [0, 0.05) is 16.2 Å². The summed E-state index contributed by atoms with van der Waals surface area (Å²) in [5.74, 6) is 0.741. The fourth-order valence-corrected chi connectivity index (χ4v) is 3.85. The summed E-state index contributed by atoms with van der Waals surface area (Å²) in [4.78, 5) is 14.2. The predicted octanol–water partition coefficient (Wildman–Crippen LogP) is 5.20.